The highest BCUT2D eigenvalue weighted by molar-refractivity contribution is 6.00. The van der Waals surface area contributed by atoms with Gasteiger partial charge in [0, 0.05) is 50.5 Å². The van der Waals surface area contributed by atoms with Crippen LogP contribution in [0.5, 0.6) is 11.5 Å². The highest BCUT2D eigenvalue weighted by Crippen LogP contribution is 2.35. The summed E-state index contributed by atoms with van der Waals surface area (Å²) in [6.07, 6.45) is -2.73. The number of piperazine rings is 1. The van der Waals surface area contributed by atoms with Crippen molar-refractivity contribution < 1.29 is 27.5 Å². The van der Waals surface area contributed by atoms with Gasteiger partial charge in [-0.15, -0.1) is 0 Å². The van der Waals surface area contributed by atoms with E-state index >= 15 is 0 Å². The summed E-state index contributed by atoms with van der Waals surface area (Å²) in [5.41, 5.74) is 0.599. The molecule has 0 radical (unpaired) electrons. The molecule has 1 aliphatic rings. The molecular weight excluding hydrogens is 537 g/mol. The van der Waals surface area contributed by atoms with Gasteiger partial charge in [0.05, 0.1) is 11.8 Å². The summed E-state index contributed by atoms with van der Waals surface area (Å²) < 4.78 is 47.4. The van der Waals surface area contributed by atoms with Crippen LogP contribution in [0.2, 0.25) is 0 Å². The van der Waals surface area contributed by atoms with Gasteiger partial charge in [-0.05, 0) is 67.6 Å². The molecule has 0 saturated carbocycles. The second-order valence-electron chi connectivity index (χ2n) is 9.89. The average molecular weight is 571 g/mol. The van der Waals surface area contributed by atoms with Crippen molar-refractivity contribution in [3.05, 3.63) is 71.4 Å². The molecule has 218 valence electrons. The molecule has 1 aromatic heterocycles. The third kappa shape index (κ3) is 8.41. The van der Waals surface area contributed by atoms with E-state index in [0.29, 0.717) is 48.1 Å². The number of likely N-dealkylation sites (N-methyl/N-ethyl adjacent to an activating group) is 1. The summed E-state index contributed by atoms with van der Waals surface area (Å²) in [4.78, 5) is 32.4. The summed E-state index contributed by atoms with van der Waals surface area (Å²) in [7, 11) is 1.99. The average Bonchev–Trinajstić information content (AvgIpc) is 2.92. The molecule has 12 heteroatoms. The van der Waals surface area contributed by atoms with E-state index in [1.54, 1.807) is 44.2 Å². The number of pyridine rings is 1. The van der Waals surface area contributed by atoms with E-state index in [4.69, 9.17) is 4.74 Å². The summed E-state index contributed by atoms with van der Waals surface area (Å²) in [6, 6.07) is 11.5. The molecule has 1 aliphatic heterocycles. The summed E-state index contributed by atoms with van der Waals surface area (Å²) >= 11 is 0. The van der Waals surface area contributed by atoms with Crippen LogP contribution in [0.25, 0.3) is 0 Å². The largest absolute Gasteiger partial charge is 0.456 e. The zero-order valence-electron chi connectivity index (χ0n) is 23.1. The smallest absolute Gasteiger partial charge is 0.416 e. The van der Waals surface area contributed by atoms with Crippen LogP contribution in [0, 0.1) is 6.92 Å². The van der Waals surface area contributed by atoms with Gasteiger partial charge in [-0.2, -0.15) is 13.2 Å². The number of ether oxygens (including phenoxy) is 1. The predicted molar refractivity (Wildman–Crippen MR) is 151 cm³/mol. The van der Waals surface area contributed by atoms with Crippen LogP contribution in [0.3, 0.4) is 0 Å². The molecule has 3 amide bonds. The maximum atomic E-state index is 13.9. The second kappa shape index (κ2) is 13.0. The Labute approximate surface area is 236 Å². The molecule has 0 atom stereocenters. The third-order valence-corrected chi connectivity index (χ3v) is 6.67. The van der Waals surface area contributed by atoms with Crippen molar-refractivity contribution >= 4 is 29.1 Å². The Bertz CT molecular complexity index is 1370. The Morgan fingerprint density at radius 3 is 2.32 bits per heavy atom. The predicted octanol–water partition coefficient (Wildman–Crippen LogP) is 5.94. The Morgan fingerprint density at radius 2 is 1.68 bits per heavy atom. The van der Waals surface area contributed by atoms with Gasteiger partial charge in [0.2, 0.25) is 5.91 Å². The molecule has 0 unspecified atom stereocenters. The number of rotatable bonds is 8. The van der Waals surface area contributed by atoms with Crippen LogP contribution in [-0.2, 0) is 17.5 Å². The van der Waals surface area contributed by atoms with E-state index in [1.165, 1.54) is 18.3 Å². The number of carbonyl (C=O) groups is 2. The maximum Gasteiger partial charge on any atom is 0.416 e. The molecule has 0 aliphatic carbocycles. The fourth-order valence-electron chi connectivity index (χ4n) is 4.31. The lowest BCUT2D eigenvalue weighted by molar-refractivity contribution is -0.138. The SMILES string of the molecule is CCC(=O)Nc1ccc(Oc2ccc(NC(=O)Nc3ccc(CN4CCN(C)CC4)c(C(F)(F)F)c3)c(C)c2)cn1. The molecular formula is C29H33F3N6O3. The van der Waals surface area contributed by atoms with Crippen molar-refractivity contribution in [2.45, 2.75) is 33.0 Å². The molecule has 1 saturated heterocycles. The van der Waals surface area contributed by atoms with Crippen molar-refractivity contribution in [3.8, 4) is 11.5 Å². The lowest BCUT2D eigenvalue weighted by Gasteiger charge is -2.33. The summed E-state index contributed by atoms with van der Waals surface area (Å²) in [5, 5.41) is 7.83. The minimum Gasteiger partial charge on any atom is -0.456 e. The van der Waals surface area contributed by atoms with Crippen molar-refractivity contribution in [1.82, 2.24) is 14.8 Å². The minimum absolute atomic E-state index is 0.0423. The molecule has 0 bridgehead atoms. The number of hydrogen-bond acceptors (Lipinski definition) is 6. The van der Waals surface area contributed by atoms with Crippen molar-refractivity contribution in [2.24, 2.45) is 0 Å². The topological polar surface area (TPSA) is 98.8 Å². The first-order valence-electron chi connectivity index (χ1n) is 13.2. The number of anilines is 3. The van der Waals surface area contributed by atoms with Gasteiger partial charge in [-0.25, -0.2) is 9.78 Å². The van der Waals surface area contributed by atoms with Gasteiger partial charge in [-0.3, -0.25) is 9.69 Å². The monoisotopic (exact) mass is 570 g/mol. The molecule has 3 N–H and O–H groups in total. The van der Waals surface area contributed by atoms with E-state index < -0.39 is 17.8 Å². The lowest BCUT2D eigenvalue weighted by atomic mass is 10.0. The molecule has 2 heterocycles. The first kappa shape index (κ1) is 29.8. The third-order valence-electron chi connectivity index (χ3n) is 6.67. The fraction of sp³-hybridized carbons (Fsp3) is 0.345. The number of urea groups is 1. The van der Waals surface area contributed by atoms with Crippen LogP contribution in [0.1, 0.15) is 30.0 Å². The van der Waals surface area contributed by atoms with E-state index in [2.05, 4.69) is 25.8 Å². The number of benzene rings is 2. The first-order chi connectivity index (χ1) is 19.5. The lowest BCUT2D eigenvalue weighted by Crippen LogP contribution is -2.44. The Kier molecular flexibility index (Phi) is 9.46. The van der Waals surface area contributed by atoms with Crippen LogP contribution >= 0.6 is 0 Å². The van der Waals surface area contributed by atoms with Gasteiger partial charge in [0.15, 0.2) is 0 Å². The van der Waals surface area contributed by atoms with Gasteiger partial charge < -0.3 is 25.6 Å². The quantitative estimate of drug-likeness (QED) is 0.310. The van der Waals surface area contributed by atoms with Crippen LogP contribution in [0.15, 0.2) is 54.7 Å². The molecule has 0 spiro atoms. The summed E-state index contributed by atoms with van der Waals surface area (Å²) in [5.74, 6) is 1.21. The zero-order valence-corrected chi connectivity index (χ0v) is 23.1. The van der Waals surface area contributed by atoms with E-state index in [9.17, 15) is 22.8 Å². The molecule has 4 rings (SSSR count). The van der Waals surface area contributed by atoms with Crippen molar-refractivity contribution in [2.75, 3.05) is 49.2 Å². The van der Waals surface area contributed by atoms with Crippen LogP contribution in [0.4, 0.5) is 35.2 Å². The number of alkyl halides is 3. The maximum absolute atomic E-state index is 13.9. The van der Waals surface area contributed by atoms with Crippen molar-refractivity contribution in [1.29, 1.82) is 0 Å². The fourth-order valence-corrected chi connectivity index (χ4v) is 4.31. The van der Waals surface area contributed by atoms with Crippen molar-refractivity contribution in [3.63, 3.8) is 0 Å². The van der Waals surface area contributed by atoms with Gasteiger partial charge in [0.1, 0.15) is 17.3 Å². The van der Waals surface area contributed by atoms with E-state index in [0.717, 1.165) is 19.2 Å². The highest BCUT2D eigenvalue weighted by Gasteiger charge is 2.34. The van der Waals surface area contributed by atoms with Gasteiger partial charge in [-0.1, -0.05) is 13.0 Å². The molecule has 9 nitrogen and oxygen atoms in total. The first-order valence-corrected chi connectivity index (χ1v) is 13.2. The summed E-state index contributed by atoms with van der Waals surface area (Å²) in [6.45, 7) is 6.70. The number of nitrogens with one attached hydrogen (secondary N) is 3. The second-order valence-corrected chi connectivity index (χ2v) is 9.89. The number of halogens is 3. The normalized spacial score (nSPS) is 14.4. The standard InChI is InChI=1S/C29H33F3N6O3/c1-4-27(39)36-26-10-8-23(17-33-26)41-22-7-9-25(19(2)15-22)35-28(40)34-21-6-5-20(24(16-21)29(30,31)32)18-38-13-11-37(3)12-14-38/h5-10,15-17H,4,11-14,18H2,1-3H3,(H,33,36,39)(H2,34,35,40). The van der Waals surface area contributed by atoms with E-state index in [-0.39, 0.29) is 23.7 Å². The number of nitrogens with zero attached hydrogens (tertiary/aromatic N) is 3. The number of amides is 3. The Balaban J connectivity index is 1.37. The Hall–Kier alpha value is -4.16. The highest BCUT2D eigenvalue weighted by atomic mass is 19.4. The minimum atomic E-state index is -4.55. The number of carbonyl (C=O) groups excluding carboxylic acids is 2. The van der Waals surface area contributed by atoms with Crippen LogP contribution in [-0.4, -0.2) is 59.9 Å². The Morgan fingerprint density at radius 1 is 0.951 bits per heavy atom. The number of aromatic nitrogens is 1. The van der Waals surface area contributed by atoms with E-state index in [1.807, 2.05) is 11.9 Å². The van der Waals surface area contributed by atoms with Gasteiger partial charge in [0.25, 0.3) is 0 Å². The van der Waals surface area contributed by atoms with Crippen LogP contribution < -0.4 is 20.7 Å². The molecule has 41 heavy (non-hydrogen) atoms. The molecule has 3 aromatic rings. The zero-order chi connectivity index (χ0) is 29.6. The number of hydrogen-bond donors (Lipinski definition) is 3. The number of aryl methyl sites for hydroxylation is 1. The molecule has 2 aromatic carbocycles. The molecule has 1 fully saturated rings. The van der Waals surface area contributed by atoms with Gasteiger partial charge >= 0.3 is 12.2 Å².